The van der Waals surface area contributed by atoms with E-state index >= 15 is 0 Å². The summed E-state index contributed by atoms with van der Waals surface area (Å²) < 4.78 is 0. The summed E-state index contributed by atoms with van der Waals surface area (Å²) >= 11 is 1.81. The molecular weight excluding hydrogens is 168 g/mol. The number of nitrogens with zero attached hydrogens (tertiary/aromatic N) is 1. The lowest BCUT2D eigenvalue weighted by molar-refractivity contribution is 0.683. The maximum absolute atomic E-state index is 4.47. The van der Waals surface area contributed by atoms with Crippen LogP contribution < -0.4 is 5.32 Å². The molecular formula is C9H14N2S. The van der Waals surface area contributed by atoms with E-state index in [4.69, 9.17) is 0 Å². The summed E-state index contributed by atoms with van der Waals surface area (Å²) in [5.41, 5.74) is 1.19. The normalized spacial score (nSPS) is 16.8. The van der Waals surface area contributed by atoms with Gasteiger partial charge in [0.15, 0.2) is 0 Å². The molecule has 2 rings (SSSR count). The Morgan fingerprint density at radius 2 is 2.25 bits per heavy atom. The van der Waals surface area contributed by atoms with Crippen LogP contribution in [0.3, 0.4) is 0 Å². The van der Waals surface area contributed by atoms with E-state index in [0.29, 0.717) is 0 Å². The molecule has 3 heteroatoms. The van der Waals surface area contributed by atoms with Crippen LogP contribution in [0.15, 0.2) is 0 Å². The average Bonchev–Trinajstić information content (AvgIpc) is 2.78. The van der Waals surface area contributed by atoms with E-state index in [-0.39, 0.29) is 0 Å². The third-order valence-corrected chi connectivity index (χ3v) is 3.26. The van der Waals surface area contributed by atoms with Gasteiger partial charge in [-0.05, 0) is 26.7 Å². The molecule has 0 radical (unpaired) electrons. The van der Waals surface area contributed by atoms with Crippen LogP contribution >= 0.6 is 11.3 Å². The van der Waals surface area contributed by atoms with Gasteiger partial charge in [-0.1, -0.05) is 0 Å². The van der Waals surface area contributed by atoms with E-state index < -0.39 is 0 Å². The third kappa shape index (κ3) is 1.84. The Balaban J connectivity index is 1.93. The quantitative estimate of drug-likeness (QED) is 0.773. The zero-order chi connectivity index (χ0) is 8.55. The number of hydrogen-bond donors (Lipinski definition) is 1. The summed E-state index contributed by atoms with van der Waals surface area (Å²) in [5, 5.41) is 4.69. The molecule has 0 amide bonds. The van der Waals surface area contributed by atoms with Crippen LogP contribution in [0.25, 0.3) is 0 Å². The molecule has 0 bridgehead atoms. The smallest absolute Gasteiger partial charge is 0.107 e. The first-order valence-corrected chi connectivity index (χ1v) is 5.23. The minimum Gasteiger partial charge on any atom is -0.308 e. The van der Waals surface area contributed by atoms with Gasteiger partial charge >= 0.3 is 0 Å². The van der Waals surface area contributed by atoms with E-state index in [9.17, 15) is 0 Å². The predicted octanol–water partition coefficient (Wildman–Crippen LogP) is 2.01. The molecule has 12 heavy (non-hydrogen) atoms. The van der Waals surface area contributed by atoms with Crippen LogP contribution in [0.5, 0.6) is 0 Å². The molecule has 1 aromatic rings. The van der Waals surface area contributed by atoms with Crippen LogP contribution in [-0.4, -0.2) is 11.0 Å². The number of thiazole rings is 1. The molecule has 0 aliphatic heterocycles. The van der Waals surface area contributed by atoms with Gasteiger partial charge in [0.25, 0.3) is 0 Å². The van der Waals surface area contributed by atoms with Crippen molar-refractivity contribution in [3.05, 3.63) is 15.6 Å². The van der Waals surface area contributed by atoms with Gasteiger partial charge in [0, 0.05) is 17.5 Å². The van der Waals surface area contributed by atoms with Gasteiger partial charge < -0.3 is 5.32 Å². The van der Waals surface area contributed by atoms with Crippen molar-refractivity contribution in [1.29, 1.82) is 0 Å². The van der Waals surface area contributed by atoms with Crippen LogP contribution in [0.2, 0.25) is 0 Å². The molecule has 1 fully saturated rings. The number of hydrogen-bond acceptors (Lipinski definition) is 3. The highest BCUT2D eigenvalue weighted by atomic mass is 32.1. The highest BCUT2D eigenvalue weighted by Gasteiger charge is 2.20. The summed E-state index contributed by atoms with van der Waals surface area (Å²) in [4.78, 5) is 5.82. The second-order valence-electron chi connectivity index (χ2n) is 3.40. The molecule has 0 aromatic carbocycles. The first-order valence-electron chi connectivity index (χ1n) is 4.42. The van der Waals surface area contributed by atoms with Crippen molar-refractivity contribution in [1.82, 2.24) is 10.3 Å². The topological polar surface area (TPSA) is 24.9 Å². The largest absolute Gasteiger partial charge is 0.308 e. The lowest BCUT2D eigenvalue weighted by Crippen LogP contribution is -2.14. The van der Waals surface area contributed by atoms with Crippen LogP contribution in [-0.2, 0) is 6.54 Å². The number of nitrogens with one attached hydrogen (secondary N) is 1. The fourth-order valence-corrected chi connectivity index (χ4v) is 2.02. The first kappa shape index (κ1) is 8.20. The van der Waals surface area contributed by atoms with Crippen molar-refractivity contribution < 1.29 is 0 Å². The molecule has 0 atom stereocenters. The molecule has 0 spiro atoms. The van der Waals surface area contributed by atoms with Gasteiger partial charge in [0.05, 0.1) is 5.69 Å². The fraction of sp³-hybridized carbons (Fsp3) is 0.667. The molecule has 0 saturated heterocycles. The standard InChI is InChI=1S/C9H14N2S/c1-6-7(2)12-9(11-6)5-10-8-3-4-8/h8,10H,3-5H2,1-2H3. The summed E-state index contributed by atoms with van der Waals surface area (Å²) in [6, 6.07) is 0.787. The number of rotatable bonds is 3. The van der Waals surface area contributed by atoms with Crippen molar-refractivity contribution >= 4 is 11.3 Å². The highest BCUT2D eigenvalue weighted by Crippen LogP contribution is 2.21. The van der Waals surface area contributed by atoms with Gasteiger partial charge in [0.2, 0.25) is 0 Å². The summed E-state index contributed by atoms with van der Waals surface area (Å²) in [5.74, 6) is 0. The van der Waals surface area contributed by atoms with Crippen molar-refractivity contribution in [3.63, 3.8) is 0 Å². The molecule has 1 aromatic heterocycles. The lowest BCUT2D eigenvalue weighted by Gasteiger charge is -1.96. The van der Waals surface area contributed by atoms with E-state index in [2.05, 4.69) is 24.1 Å². The Hall–Kier alpha value is -0.410. The molecule has 1 N–H and O–H groups in total. The van der Waals surface area contributed by atoms with Crippen molar-refractivity contribution in [3.8, 4) is 0 Å². The zero-order valence-electron chi connectivity index (χ0n) is 7.55. The second-order valence-corrected chi connectivity index (χ2v) is 4.69. The van der Waals surface area contributed by atoms with Gasteiger partial charge in [-0.25, -0.2) is 4.98 Å². The Bertz CT molecular complexity index is 257. The van der Waals surface area contributed by atoms with E-state index in [0.717, 1.165) is 12.6 Å². The molecule has 1 saturated carbocycles. The molecule has 2 nitrogen and oxygen atoms in total. The minimum absolute atomic E-state index is 0.787. The Morgan fingerprint density at radius 3 is 2.75 bits per heavy atom. The van der Waals surface area contributed by atoms with E-state index in [1.807, 2.05) is 11.3 Å². The minimum atomic E-state index is 0.787. The lowest BCUT2D eigenvalue weighted by atomic mass is 10.4. The van der Waals surface area contributed by atoms with Crippen molar-refractivity contribution in [2.45, 2.75) is 39.3 Å². The summed E-state index contributed by atoms with van der Waals surface area (Å²) in [6.45, 7) is 5.17. The number of aromatic nitrogens is 1. The first-order chi connectivity index (χ1) is 5.75. The monoisotopic (exact) mass is 182 g/mol. The van der Waals surface area contributed by atoms with Gasteiger partial charge in [0.1, 0.15) is 5.01 Å². The summed E-state index contributed by atoms with van der Waals surface area (Å²) in [7, 11) is 0. The van der Waals surface area contributed by atoms with Gasteiger partial charge in [-0.3, -0.25) is 0 Å². The Labute approximate surface area is 77.0 Å². The third-order valence-electron chi connectivity index (χ3n) is 2.19. The highest BCUT2D eigenvalue weighted by molar-refractivity contribution is 7.11. The molecule has 1 heterocycles. The van der Waals surface area contributed by atoms with Gasteiger partial charge in [-0.15, -0.1) is 11.3 Å². The predicted molar refractivity (Wildman–Crippen MR) is 51.4 cm³/mol. The second kappa shape index (κ2) is 3.15. The van der Waals surface area contributed by atoms with E-state index in [1.54, 1.807) is 0 Å². The molecule has 66 valence electrons. The Kier molecular flexibility index (Phi) is 2.15. The van der Waals surface area contributed by atoms with Crippen molar-refractivity contribution in [2.75, 3.05) is 0 Å². The average molecular weight is 182 g/mol. The summed E-state index contributed by atoms with van der Waals surface area (Å²) in [6.07, 6.45) is 2.70. The Morgan fingerprint density at radius 1 is 1.50 bits per heavy atom. The fourth-order valence-electron chi connectivity index (χ4n) is 1.13. The maximum atomic E-state index is 4.47. The number of aryl methyl sites for hydroxylation is 2. The molecule has 1 aliphatic rings. The SMILES string of the molecule is Cc1nc(CNC2CC2)sc1C. The molecule has 0 unspecified atom stereocenters. The zero-order valence-corrected chi connectivity index (χ0v) is 8.37. The van der Waals surface area contributed by atoms with Crippen LogP contribution in [0.1, 0.15) is 28.4 Å². The van der Waals surface area contributed by atoms with Crippen LogP contribution in [0, 0.1) is 13.8 Å². The van der Waals surface area contributed by atoms with E-state index in [1.165, 1.54) is 28.4 Å². The van der Waals surface area contributed by atoms with Gasteiger partial charge in [-0.2, -0.15) is 0 Å². The van der Waals surface area contributed by atoms with Crippen LogP contribution in [0.4, 0.5) is 0 Å². The maximum Gasteiger partial charge on any atom is 0.107 e. The molecule has 1 aliphatic carbocycles. The van der Waals surface area contributed by atoms with Crippen molar-refractivity contribution in [2.24, 2.45) is 0 Å².